The molecule has 1 aromatic carbocycles. The lowest BCUT2D eigenvalue weighted by Gasteiger charge is -2.02. The Labute approximate surface area is 111 Å². The van der Waals surface area contributed by atoms with E-state index in [9.17, 15) is 4.79 Å². The van der Waals surface area contributed by atoms with Gasteiger partial charge in [-0.3, -0.25) is 0 Å². The van der Waals surface area contributed by atoms with E-state index in [0.717, 1.165) is 18.4 Å². The highest BCUT2D eigenvalue weighted by Gasteiger charge is 2.06. The molecule has 0 bridgehead atoms. The number of hydrogen-bond acceptors (Lipinski definition) is 3. The van der Waals surface area contributed by atoms with E-state index in [2.05, 4.69) is 5.16 Å². The first-order chi connectivity index (χ1) is 8.63. The summed E-state index contributed by atoms with van der Waals surface area (Å²) in [6, 6.07) is 7.62. The van der Waals surface area contributed by atoms with Crippen molar-refractivity contribution in [2.24, 2.45) is 5.16 Å². The third kappa shape index (κ3) is 5.19. The fourth-order valence-corrected chi connectivity index (χ4v) is 1.62. The number of oxime groups is 1. The Morgan fingerprint density at radius 1 is 1.50 bits per heavy atom. The summed E-state index contributed by atoms with van der Waals surface area (Å²) in [5.74, 6) is -1.03. The molecular formula is C13H16ClNO3. The molecule has 0 aliphatic carbocycles. The Kier molecular flexibility index (Phi) is 6.22. The summed E-state index contributed by atoms with van der Waals surface area (Å²) < 4.78 is 0. The molecule has 0 unspecified atom stereocenters. The first kappa shape index (κ1) is 14.5. The van der Waals surface area contributed by atoms with Gasteiger partial charge in [0.1, 0.15) is 6.61 Å². The van der Waals surface area contributed by atoms with E-state index in [-0.39, 0.29) is 5.71 Å². The summed E-state index contributed by atoms with van der Waals surface area (Å²) in [6.07, 6.45) is 1.94. The predicted molar refractivity (Wildman–Crippen MR) is 71.1 cm³/mol. The van der Waals surface area contributed by atoms with Gasteiger partial charge in [-0.15, -0.1) is 0 Å². The number of carboxylic acids is 1. The number of benzene rings is 1. The van der Waals surface area contributed by atoms with Crippen LogP contribution < -0.4 is 0 Å². The number of aryl methyl sites for hydroxylation is 1. The topological polar surface area (TPSA) is 58.9 Å². The zero-order valence-electron chi connectivity index (χ0n) is 10.2. The van der Waals surface area contributed by atoms with Crippen LogP contribution in [-0.4, -0.2) is 23.4 Å². The molecule has 18 heavy (non-hydrogen) atoms. The van der Waals surface area contributed by atoms with E-state index in [4.69, 9.17) is 21.5 Å². The number of hydrogen-bond donors (Lipinski definition) is 1. The van der Waals surface area contributed by atoms with E-state index < -0.39 is 5.97 Å². The highest BCUT2D eigenvalue weighted by molar-refractivity contribution is 6.35. The Morgan fingerprint density at radius 2 is 2.28 bits per heavy atom. The highest BCUT2D eigenvalue weighted by Crippen LogP contribution is 2.12. The summed E-state index contributed by atoms with van der Waals surface area (Å²) in [4.78, 5) is 15.6. The van der Waals surface area contributed by atoms with Gasteiger partial charge in [0.15, 0.2) is 5.71 Å². The van der Waals surface area contributed by atoms with Crippen LogP contribution in [0.4, 0.5) is 0 Å². The van der Waals surface area contributed by atoms with Gasteiger partial charge in [-0.1, -0.05) is 35.8 Å². The smallest absolute Gasteiger partial charge is 0.353 e. The molecule has 0 heterocycles. The Hall–Kier alpha value is -1.55. The van der Waals surface area contributed by atoms with Crippen molar-refractivity contribution in [1.82, 2.24) is 0 Å². The van der Waals surface area contributed by atoms with Gasteiger partial charge in [0, 0.05) is 5.02 Å². The zero-order chi connectivity index (χ0) is 13.4. The monoisotopic (exact) mass is 269 g/mol. The molecule has 0 amide bonds. The maximum atomic E-state index is 10.6. The number of aliphatic carboxylic acids is 1. The third-order valence-electron chi connectivity index (χ3n) is 2.35. The van der Waals surface area contributed by atoms with Crippen LogP contribution in [0.2, 0.25) is 5.02 Å². The minimum atomic E-state index is -1.03. The highest BCUT2D eigenvalue weighted by atomic mass is 35.5. The van der Waals surface area contributed by atoms with Gasteiger partial charge in [-0.25, -0.2) is 4.79 Å². The number of carbonyl (C=O) groups is 1. The standard InChI is InChI=1S/C13H16ClNO3/c1-2-12(13(16)17)15-18-8-4-6-10-5-3-7-11(14)9-10/h3,5,7,9H,2,4,6,8H2,1H3,(H,16,17). The molecule has 1 N–H and O–H groups in total. The van der Waals surface area contributed by atoms with Gasteiger partial charge in [-0.2, -0.15) is 0 Å². The zero-order valence-corrected chi connectivity index (χ0v) is 11.0. The Balaban J connectivity index is 2.29. The number of rotatable bonds is 7. The normalized spacial score (nSPS) is 11.3. The van der Waals surface area contributed by atoms with Gasteiger partial charge in [-0.05, 0) is 37.0 Å². The number of halogens is 1. The van der Waals surface area contributed by atoms with Gasteiger partial charge in [0.25, 0.3) is 0 Å². The van der Waals surface area contributed by atoms with Crippen LogP contribution in [0.15, 0.2) is 29.4 Å². The molecular weight excluding hydrogens is 254 g/mol. The van der Waals surface area contributed by atoms with Crippen molar-refractivity contribution in [2.75, 3.05) is 6.61 Å². The van der Waals surface area contributed by atoms with E-state index >= 15 is 0 Å². The van der Waals surface area contributed by atoms with Crippen molar-refractivity contribution < 1.29 is 14.7 Å². The summed E-state index contributed by atoms with van der Waals surface area (Å²) in [7, 11) is 0. The maximum Gasteiger partial charge on any atom is 0.353 e. The molecule has 0 spiro atoms. The molecule has 0 aliphatic rings. The fourth-order valence-electron chi connectivity index (χ4n) is 1.41. The summed E-state index contributed by atoms with van der Waals surface area (Å²) in [6.45, 7) is 2.12. The van der Waals surface area contributed by atoms with Crippen molar-refractivity contribution in [2.45, 2.75) is 26.2 Å². The van der Waals surface area contributed by atoms with Crippen LogP contribution in [0.3, 0.4) is 0 Å². The van der Waals surface area contributed by atoms with Gasteiger partial charge < -0.3 is 9.94 Å². The summed E-state index contributed by atoms with van der Waals surface area (Å²) in [5.41, 5.74) is 1.17. The number of carboxylic acid groups (broad SMARTS) is 1. The second kappa shape index (κ2) is 7.71. The van der Waals surface area contributed by atoms with Crippen LogP contribution in [0.25, 0.3) is 0 Å². The van der Waals surface area contributed by atoms with Crippen LogP contribution in [0, 0.1) is 0 Å². The molecule has 98 valence electrons. The lowest BCUT2D eigenvalue weighted by atomic mass is 10.1. The van der Waals surface area contributed by atoms with Crippen LogP contribution in [-0.2, 0) is 16.1 Å². The van der Waals surface area contributed by atoms with Crippen LogP contribution in [0.1, 0.15) is 25.3 Å². The second-order valence-electron chi connectivity index (χ2n) is 3.76. The Morgan fingerprint density at radius 3 is 2.89 bits per heavy atom. The summed E-state index contributed by atoms with van der Waals surface area (Å²) >= 11 is 5.86. The third-order valence-corrected chi connectivity index (χ3v) is 2.58. The van der Waals surface area contributed by atoms with Gasteiger partial charge in [0.2, 0.25) is 0 Å². The second-order valence-corrected chi connectivity index (χ2v) is 4.20. The first-order valence-electron chi connectivity index (χ1n) is 5.80. The molecule has 1 aromatic rings. The van der Waals surface area contributed by atoms with Gasteiger partial charge in [0.05, 0.1) is 0 Å². The molecule has 1 rings (SSSR count). The van der Waals surface area contributed by atoms with Crippen molar-refractivity contribution in [3.63, 3.8) is 0 Å². The van der Waals surface area contributed by atoms with Crippen molar-refractivity contribution >= 4 is 23.3 Å². The van der Waals surface area contributed by atoms with E-state index in [1.54, 1.807) is 6.92 Å². The van der Waals surface area contributed by atoms with E-state index in [0.29, 0.717) is 18.1 Å². The molecule has 0 radical (unpaired) electrons. The summed E-state index contributed by atoms with van der Waals surface area (Å²) in [5, 5.41) is 13.0. The van der Waals surface area contributed by atoms with Gasteiger partial charge >= 0.3 is 5.97 Å². The molecule has 0 fully saturated rings. The largest absolute Gasteiger partial charge is 0.477 e. The van der Waals surface area contributed by atoms with Crippen molar-refractivity contribution in [1.29, 1.82) is 0 Å². The van der Waals surface area contributed by atoms with E-state index in [1.165, 1.54) is 0 Å². The van der Waals surface area contributed by atoms with E-state index in [1.807, 2.05) is 24.3 Å². The van der Waals surface area contributed by atoms with Crippen LogP contribution in [0.5, 0.6) is 0 Å². The Bertz CT molecular complexity index is 432. The lowest BCUT2D eigenvalue weighted by Crippen LogP contribution is -2.12. The fraction of sp³-hybridized carbons (Fsp3) is 0.385. The average molecular weight is 270 g/mol. The maximum absolute atomic E-state index is 10.6. The van der Waals surface area contributed by atoms with Crippen molar-refractivity contribution in [3.8, 4) is 0 Å². The first-order valence-corrected chi connectivity index (χ1v) is 6.18. The van der Waals surface area contributed by atoms with Crippen molar-refractivity contribution in [3.05, 3.63) is 34.9 Å². The lowest BCUT2D eigenvalue weighted by molar-refractivity contribution is -0.129. The predicted octanol–water partition coefficient (Wildman–Crippen LogP) is 3.14. The molecule has 0 aliphatic heterocycles. The SMILES string of the molecule is CCC(=NOCCCc1cccc(Cl)c1)C(=O)O. The minimum Gasteiger partial charge on any atom is -0.477 e. The quantitative estimate of drug-likeness (QED) is 0.470. The molecule has 0 atom stereocenters. The molecule has 5 heteroatoms. The number of nitrogens with zero attached hydrogens (tertiary/aromatic N) is 1. The molecule has 0 saturated heterocycles. The molecule has 0 saturated carbocycles. The average Bonchev–Trinajstić information content (AvgIpc) is 2.33. The molecule has 4 nitrogen and oxygen atoms in total. The molecule has 0 aromatic heterocycles. The minimum absolute atomic E-state index is 0.0396. The van der Waals surface area contributed by atoms with Crippen LogP contribution >= 0.6 is 11.6 Å².